The van der Waals surface area contributed by atoms with Crippen molar-refractivity contribution in [3.05, 3.63) is 65.1 Å². The Morgan fingerprint density at radius 3 is 2.57 bits per heavy atom. The summed E-state index contributed by atoms with van der Waals surface area (Å²) in [7, 11) is 1.02. The Hall–Kier alpha value is -3.75. The van der Waals surface area contributed by atoms with Crippen molar-refractivity contribution < 1.29 is 17.6 Å². The van der Waals surface area contributed by atoms with Crippen molar-refractivity contribution in [2.24, 2.45) is 7.05 Å². The summed E-state index contributed by atoms with van der Waals surface area (Å²) in [6.07, 6.45) is 0. The molecule has 9 nitrogen and oxygen atoms in total. The van der Waals surface area contributed by atoms with E-state index in [1.807, 2.05) is 43.6 Å². The summed E-state index contributed by atoms with van der Waals surface area (Å²) in [6, 6.07) is 11.4. The Labute approximate surface area is 204 Å². The van der Waals surface area contributed by atoms with E-state index < -0.39 is 21.9 Å². The van der Waals surface area contributed by atoms with E-state index >= 15 is 0 Å². The number of hydrogen-bond donors (Lipinski definition) is 2. The summed E-state index contributed by atoms with van der Waals surface area (Å²) in [4.78, 5) is 14.7. The van der Waals surface area contributed by atoms with E-state index in [0.717, 1.165) is 0 Å². The number of nitrogens with one attached hydrogen (secondary N) is 2. The van der Waals surface area contributed by atoms with Crippen LogP contribution in [0.5, 0.6) is 0 Å². The lowest BCUT2D eigenvalue weighted by Gasteiger charge is -2.19. The van der Waals surface area contributed by atoms with Crippen LogP contribution in [0.25, 0.3) is 11.1 Å². The number of nitriles is 1. The van der Waals surface area contributed by atoms with Gasteiger partial charge in [-0.1, -0.05) is 26.0 Å². The fraction of sp³-hybridized carbons (Fsp3) is 0.292. The van der Waals surface area contributed by atoms with Gasteiger partial charge >= 0.3 is 6.03 Å². The smallest absolute Gasteiger partial charge is 0.306 e. The van der Waals surface area contributed by atoms with E-state index in [9.17, 15) is 22.9 Å². The first kappa shape index (κ1) is 25.9. The van der Waals surface area contributed by atoms with E-state index in [-0.39, 0.29) is 16.6 Å². The quantitative estimate of drug-likeness (QED) is 0.511. The molecule has 0 saturated heterocycles. The number of aromatic nitrogens is 2. The van der Waals surface area contributed by atoms with Crippen molar-refractivity contribution in [3.63, 3.8) is 0 Å². The van der Waals surface area contributed by atoms with E-state index in [4.69, 9.17) is 0 Å². The average Bonchev–Trinajstić information content (AvgIpc) is 3.14. The zero-order valence-corrected chi connectivity index (χ0v) is 20.9. The van der Waals surface area contributed by atoms with Crippen LogP contribution in [0, 0.1) is 17.1 Å². The molecule has 1 heterocycles. The van der Waals surface area contributed by atoms with Gasteiger partial charge in [-0.05, 0) is 55.4 Å². The molecule has 0 aliphatic rings. The standard InChI is InChI=1S/C24H27FN6O3S/c1-15(2)20-10-18(25)11-21(17-8-6-7-16(9-17)13-26)23(20)27-24(32)29-35(33,34)22-12-19(14-30(3)4)31(5)28-22/h6-12,15H,14H2,1-5H3,(H2,27,29,32). The first-order valence-corrected chi connectivity index (χ1v) is 12.2. The zero-order chi connectivity index (χ0) is 25.9. The summed E-state index contributed by atoms with van der Waals surface area (Å²) < 4.78 is 43.6. The van der Waals surface area contributed by atoms with Crippen molar-refractivity contribution in [1.29, 1.82) is 5.26 Å². The molecule has 3 rings (SSSR count). The Kier molecular flexibility index (Phi) is 7.57. The van der Waals surface area contributed by atoms with Crippen LogP contribution in [0.15, 0.2) is 47.5 Å². The molecule has 2 aromatic carbocycles. The van der Waals surface area contributed by atoms with Crippen LogP contribution in [0.3, 0.4) is 0 Å². The molecule has 2 N–H and O–H groups in total. The number of nitrogens with zero attached hydrogens (tertiary/aromatic N) is 4. The topological polar surface area (TPSA) is 120 Å². The highest BCUT2D eigenvalue weighted by Crippen LogP contribution is 2.36. The second-order valence-electron chi connectivity index (χ2n) is 8.66. The third-order valence-corrected chi connectivity index (χ3v) is 6.44. The van der Waals surface area contributed by atoms with Gasteiger partial charge in [0.05, 0.1) is 23.0 Å². The minimum Gasteiger partial charge on any atom is -0.306 e. The lowest BCUT2D eigenvalue weighted by Crippen LogP contribution is -2.35. The molecule has 184 valence electrons. The van der Waals surface area contributed by atoms with Crippen molar-refractivity contribution in [2.45, 2.75) is 31.3 Å². The van der Waals surface area contributed by atoms with E-state index in [0.29, 0.717) is 34.5 Å². The van der Waals surface area contributed by atoms with Gasteiger partial charge in [0.25, 0.3) is 10.0 Å². The minimum absolute atomic E-state index is 0.195. The summed E-state index contributed by atoms with van der Waals surface area (Å²) >= 11 is 0. The predicted octanol–water partition coefficient (Wildman–Crippen LogP) is 3.79. The molecule has 35 heavy (non-hydrogen) atoms. The summed E-state index contributed by atoms with van der Waals surface area (Å²) in [5, 5.41) is 15.5. The first-order chi connectivity index (χ1) is 16.4. The highest BCUT2D eigenvalue weighted by Gasteiger charge is 2.24. The maximum Gasteiger partial charge on any atom is 0.333 e. The van der Waals surface area contributed by atoms with Crippen LogP contribution in [0.4, 0.5) is 14.9 Å². The fourth-order valence-electron chi connectivity index (χ4n) is 3.60. The molecule has 0 radical (unpaired) electrons. The highest BCUT2D eigenvalue weighted by atomic mass is 32.2. The zero-order valence-electron chi connectivity index (χ0n) is 20.1. The predicted molar refractivity (Wildman–Crippen MR) is 131 cm³/mol. The maximum atomic E-state index is 14.5. The number of halogens is 1. The number of anilines is 1. The number of carbonyl (C=O) groups excluding carboxylic acids is 1. The molecule has 0 aliphatic carbocycles. The second kappa shape index (κ2) is 10.2. The van der Waals surface area contributed by atoms with E-state index in [2.05, 4.69) is 10.4 Å². The largest absolute Gasteiger partial charge is 0.333 e. The van der Waals surface area contributed by atoms with Crippen molar-refractivity contribution in [2.75, 3.05) is 19.4 Å². The normalized spacial score (nSPS) is 11.5. The van der Waals surface area contributed by atoms with Gasteiger partial charge < -0.3 is 10.2 Å². The summed E-state index contributed by atoms with van der Waals surface area (Å²) in [5.41, 5.74) is 2.56. The molecule has 11 heteroatoms. The first-order valence-electron chi connectivity index (χ1n) is 10.8. The SMILES string of the molecule is CC(C)c1cc(F)cc(-c2cccc(C#N)c2)c1NC(=O)NS(=O)(=O)c1cc(CN(C)C)n(C)n1. The fourth-order valence-corrected chi connectivity index (χ4v) is 4.52. The Morgan fingerprint density at radius 1 is 1.23 bits per heavy atom. The lowest BCUT2D eigenvalue weighted by atomic mass is 9.93. The van der Waals surface area contributed by atoms with Gasteiger partial charge in [0.15, 0.2) is 5.03 Å². The summed E-state index contributed by atoms with van der Waals surface area (Å²) in [5.74, 6) is -0.716. The van der Waals surface area contributed by atoms with Gasteiger partial charge in [-0.2, -0.15) is 18.8 Å². The monoisotopic (exact) mass is 498 g/mol. The number of benzene rings is 2. The number of sulfonamides is 1. The Balaban J connectivity index is 1.97. The molecule has 0 bridgehead atoms. The molecule has 0 saturated carbocycles. The average molecular weight is 499 g/mol. The molecule has 1 aromatic heterocycles. The van der Waals surface area contributed by atoms with Crippen molar-refractivity contribution in [1.82, 2.24) is 19.4 Å². The van der Waals surface area contributed by atoms with Crippen LogP contribution in [0.2, 0.25) is 0 Å². The molecule has 0 spiro atoms. The number of carbonyl (C=O) groups is 1. The van der Waals surface area contributed by atoms with Crippen molar-refractivity contribution >= 4 is 21.7 Å². The van der Waals surface area contributed by atoms with Crippen LogP contribution in [-0.2, 0) is 23.6 Å². The van der Waals surface area contributed by atoms with Crippen molar-refractivity contribution in [3.8, 4) is 17.2 Å². The van der Waals surface area contributed by atoms with Gasteiger partial charge in [-0.3, -0.25) is 4.68 Å². The van der Waals surface area contributed by atoms with Gasteiger partial charge in [-0.25, -0.2) is 13.9 Å². The maximum absolute atomic E-state index is 14.5. The van der Waals surface area contributed by atoms with Crippen LogP contribution in [0.1, 0.15) is 36.6 Å². The molecule has 2 amide bonds. The minimum atomic E-state index is -4.28. The van der Waals surface area contributed by atoms with E-state index in [1.165, 1.54) is 22.9 Å². The summed E-state index contributed by atoms with van der Waals surface area (Å²) in [6.45, 7) is 4.11. The van der Waals surface area contributed by atoms with Gasteiger partial charge in [-0.15, -0.1) is 0 Å². The Bertz CT molecular complexity index is 1410. The lowest BCUT2D eigenvalue weighted by molar-refractivity contribution is 0.256. The third-order valence-electron chi connectivity index (χ3n) is 5.23. The molecule has 0 fully saturated rings. The third kappa shape index (κ3) is 6.03. The van der Waals surface area contributed by atoms with E-state index in [1.54, 1.807) is 31.3 Å². The number of aryl methyl sites for hydroxylation is 1. The van der Waals surface area contributed by atoms with Crippen LogP contribution >= 0.6 is 0 Å². The molecular weight excluding hydrogens is 471 g/mol. The number of urea groups is 1. The molecule has 0 aliphatic heterocycles. The number of hydrogen-bond acceptors (Lipinski definition) is 6. The van der Waals surface area contributed by atoms with Gasteiger partial charge in [0.1, 0.15) is 5.82 Å². The molecule has 3 aromatic rings. The van der Waals surface area contributed by atoms with Gasteiger partial charge in [0, 0.05) is 25.2 Å². The second-order valence-corrected chi connectivity index (χ2v) is 10.3. The van der Waals surface area contributed by atoms with Gasteiger partial charge in [0.2, 0.25) is 0 Å². The number of amides is 2. The number of rotatable bonds is 7. The van der Waals surface area contributed by atoms with Crippen LogP contribution < -0.4 is 10.0 Å². The molecule has 0 unspecified atom stereocenters. The molecule has 0 atom stereocenters. The van der Waals surface area contributed by atoms with Crippen LogP contribution in [-0.4, -0.2) is 43.2 Å². The Morgan fingerprint density at radius 2 is 1.94 bits per heavy atom. The molecular formula is C24H27FN6O3S. The highest BCUT2D eigenvalue weighted by molar-refractivity contribution is 7.90.